The molecule has 0 amide bonds. The van der Waals surface area contributed by atoms with E-state index in [0.29, 0.717) is 17.6 Å². The molecular weight excluding hydrogens is 384 g/mol. The lowest BCUT2D eigenvalue weighted by Crippen LogP contribution is -2.74. The van der Waals surface area contributed by atoms with Crippen molar-refractivity contribution in [2.75, 3.05) is 5.75 Å². The van der Waals surface area contributed by atoms with E-state index in [-0.39, 0.29) is 11.6 Å². The van der Waals surface area contributed by atoms with Gasteiger partial charge in [-0.05, 0) is 94.4 Å². The van der Waals surface area contributed by atoms with Gasteiger partial charge in [0, 0.05) is 5.56 Å². The van der Waals surface area contributed by atoms with E-state index < -0.39 is 10.3 Å². The molecule has 5 aliphatic rings. The van der Waals surface area contributed by atoms with Crippen molar-refractivity contribution in [2.24, 2.45) is 29.1 Å². The second kappa shape index (κ2) is 6.73. The number of ether oxygens (including phenoxy) is 1. The van der Waals surface area contributed by atoms with E-state index in [4.69, 9.17) is 14.5 Å². The van der Waals surface area contributed by atoms with Crippen LogP contribution in [0.2, 0.25) is 0 Å². The van der Waals surface area contributed by atoms with Gasteiger partial charge >= 0.3 is 5.97 Å². The Bertz CT molecular complexity index is 785. The number of hydrogen-bond acceptors (Lipinski definition) is 5. The van der Waals surface area contributed by atoms with Crippen LogP contribution in [-0.4, -0.2) is 17.3 Å². The third kappa shape index (κ3) is 2.84. The summed E-state index contributed by atoms with van der Waals surface area (Å²) in [5.41, 5.74) is 0.292. The Balaban J connectivity index is 1.51. The first-order valence-corrected chi connectivity index (χ1v) is 12.1. The van der Waals surface area contributed by atoms with Crippen molar-refractivity contribution in [1.29, 1.82) is 0 Å². The molecule has 1 aromatic rings. The number of rotatable bonds is 4. The molecule has 29 heavy (non-hydrogen) atoms. The lowest BCUT2D eigenvalue weighted by atomic mass is 9.47. The molecule has 4 bridgehead atoms. The lowest BCUT2D eigenvalue weighted by molar-refractivity contribution is -0.566. The quantitative estimate of drug-likeness (QED) is 0.358. The zero-order valence-corrected chi connectivity index (χ0v) is 18.7. The molecule has 1 spiro atoms. The molecule has 1 aliphatic heterocycles. The Labute approximate surface area is 178 Å². The molecule has 5 fully saturated rings. The van der Waals surface area contributed by atoms with Crippen molar-refractivity contribution in [3.05, 3.63) is 29.8 Å². The Morgan fingerprint density at radius 2 is 1.76 bits per heavy atom. The fourth-order valence-corrected chi connectivity index (χ4v) is 7.87. The summed E-state index contributed by atoms with van der Waals surface area (Å²) in [6, 6.07) is 7.96. The molecule has 5 heteroatoms. The first-order chi connectivity index (χ1) is 13.8. The van der Waals surface area contributed by atoms with E-state index >= 15 is 0 Å². The molecule has 0 N–H and O–H groups in total. The third-order valence-corrected chi connectivity index (χ3v) is 8.86. The zero-order chi connectivity index (χ0) is 20.4. The number of thioether (sulfide) groups is 1. The molecule has 4 nitrogen and oxygen atoms in total. The summed E-state index contributed by atoms with van der Waals surface area (Å²) in [6.45, 7) is 7.81. The van der Waals surface area contributed by atoms with Crippen molar-refractivity contribution in [3.8, 4) is 5.75 Å². The molecule has 0 radical (unpaired) electrons. The lowest BCUT2D eigenvalue weighted by Gasteiger charge is -2.69. The summed E-state index contributed by atoms with van der Waals surface area (Å²) in [6.07, 6.45) is 6.47. The first kappa shape index (κ1) is 19.9. The minimum atomic E-state index is -0.537. The van der Waals surface area contributed by atoms with Crippen LogP contribution in [0.5, 0.6) is 5.75 Å². The van der Waals surface area contributed by atoms with E-state index in [9.17, 15) is 4.79 Å². The van der Waals surface area contributed by atoms with Gasteiger partial charge in [-0.2, -0.15) is 0 Å². The first-order valence-electron chi connectivity index (χ1n) is 11.1. The zero-order valence-electron chi connectivity index (χ0n) is 17.9. The maximum absolute atomic E-state index is 12.4. The molecule has 1 unspecified atom stereocenters. The summed E-state index contributed by atoms with van der Waals surface area (Å²) >= 11 is 1.84. The van der Waals surface area contributed by atoms with Gasteiger partial charge in [-0.1, -0.05) is 19.1 Å². The van der Waals surface area contributed by atoms with Gasteiger partial charge in [0.2, 0.25) is 4.93 Å². The maximum atomic E-state index is 12.4. The Morgan fingerprint density at radius 3 is 2.28 bits per heavy atom. The topological polar surface area (TPSA) is 44.8 Å². The van der Waals surface area contributed by atoms with E-state index in [1.807, 2.05) is 50.7 Å². The van der Waals surface area contributed by atoms with Crippen LogP contribution in [0.1, 0.15) is 65.4 Å². The molecule has 0 aromatic heterocycles. The van der Waals surface area contributed by atoms with Gasteiger partial charge < -0.3 is 4.74 Å². The smallest absolute Gasteiger partial charge is 0.316 e. The number of esters is 1. The Morgan fingerprint density at radius 1 is 1.10 bits per heavy atom. The second-order valence-electron chi connectivity index (χ2n) is 10.5. The summed E-state index contributed by atoms with van der Waals surface area (Å²) in [7, 11) is 0. The SMILES string of the molecule is CCSC1(c2cccc(OC(=O)C(C)(C)C)c2)OOC12C1CC3CC(C1)CC2C3. The van der Waals surface area contributed by atoms with Gasteiger partial charge in [0.25, 0.3) is 0 Å². The highest BCUT2D eigenvalue weighted by Gasteiger charge is 2.75. The van der Waals surface area contributed by atoms with Gasteiger partial charge in [-0.25, -0.2) is 9.78 Å². The van der Waals surface area contributed by atoms with Crippen molar-refractivity contribution in [1.82, 2.24) is 0 Å². The molecule has 158 valence electrons. The van der Waals surface area contributed by atoms with Gasteiger partial charge in [0.1, 0.15) is 5.75 Å². The number of carbonyl (C=O) groups is 1. The minimum Gasteiger partial charge on any atom is -0.426 e. The highest BCUT2D eigenvalue weighted by Crippen LogP contribution is 2.72. The average molecular weight is 417 g/mol. The Hall–Kier alpha value is -1.04. The average Bonchev–Trinajstić information content (AvgIpc) is 2.64. The van der Waals surface area contributed by atoms with Crippen LogP contribution < -0.4 is 4.74 Å². The van der Waals surface area contributed by atoms with Crippen LogP contribution in [0.4, 0.5) is 0 Å². The van der Waals surface area contributed by atoms with Crippen molar-refractivity contribution < 1.29 is 19.3 Å². The highest BCUT2D eigenvalue weighted by atomic mass is 32.2. The predicted molar refractivity (Wildman–Crippen MR) is 113 cm³/mol. The predicted octanol–water partition coefficient (Wildman–Crippen LogP) is 5.70. The number of benzene rings is 1. The molecule has 4 aliphatic carbocycles. The largest absolute Gasteiger partial charge is 0.426 e. The fourth-order valence-electron chi connectivity index (χ4n) is 6.49. The Kier molecular flexibility index (Phi) is 4.62. The van der Waals surface area contributed by atoms with Crippen LogP contribution in [-0.2, 0) is 19.5 Å². The van der Waals surface area contributed by atoms with Gasteiger partial charge in [-0.15, -0.1) is 11.8 Å². The second-order valence-corrected chi connectivity index (χ2v) is 11.9. The molecular formula is C24H32O4S. The van der Waals surface area contributed by atoms with Crippen LogP contribution in [0, 0.1) is 29.1 Å². The van der Waals surface area contributed by atoms with E-state index in [1.54, 1.807) is 0 Å². The highest BCUT2D eigenvalue weighted by molar-refractivity contribution is 8.00. The van der Waals surface area contributed by atoms with Gasteiger partial charge in [0.05, 0.1) is 5.41 Å². The van der Waals surface area contributed by atoms with Crippen LogP contribution in [0.15, 0.2) is 24.3 Å². The maximum Gasteiger partial charge on any atom is 0.316 e. The fraction of sp³-hybridized carbons (Fsp3) is 0.708. The summed E-state index contributed by atoms with van der Waals surface area (Å²) in [4.78, 5) is 24.2. The van der Waals surface area contributed by atoms with E-state index in [2.05, 4.69) is 13.0 Å². The summed E-state index contributed by atoms with van der Waals surface area (Å²) < 4.78 is 5.71. The molecule has 4 saturated carbocycles. The monoisotopic (exact) mass is 416 g/mol. The molecule has 1 aromatic carbocycles. The summed E-state index contributed by atoms with van der Waals surface area (Å²) in [5, 5.41) is 0. The third-order valence-electron chi connectivity index (χ3n) is 7.55. The molecule has 1 saturated heterocycles. The van der Waals surface area contributed by atoms with Crippen LogP contribution in [0.3, 0.4) is 0 Å². The van der Waals surface area contributed by atoms with E-state index in [1.165, 1.54) is 32.1 Å². The van der Waals surface area contributed by atoms with Crippen molar-refractivity contribution in [3.63, 3.8) is 0 Å². The van der Waals surface area contributed by atoms with E-state index in [0.717, 1.165) is 23.2 Å². The number of carbonyl (C=O) groups excluding carboxylic acids is 1. The summed E-state index contributed by atoms with van der Waals surface area (Å²) in [5.74, 6) is 4.18. The number of hydrogen-bond donors (Lipinski definition) is 0. The van der Waals surface area contributed by atoms with Gasteiger partial charge in [-0.3, -0.25) is 4.79 Å². The molecule has 6 rings (SSSR count). The van der Waals surface area contributed by atoms with Crippen LogP contribution in [0.25, 0.3) is 0 Å². The van der Waals surface area contributed by atoms with Gasteiger partial charge in [0.15, 0.2) is 5.60 Å². The normalized spacial score (nSPS) is 40.1. The minimum absolute atomic E-state index is 0.220. The standard InChI is InChI=1S/C24H32O4S/c1-5-29-24(17-7-6-8-20(14-17)26-21(25)22(2,3)4)23(27-28-24)18-10-15-9-16(12-18)13-19(23)11-15/h6-8,14-16,18-19H,5,9-13H2,1-4H3. The van der Waals surface area contributed by atoms with Crippen LogP contribution >= 0.6 is 11.8 Å². The molecule has 1 heterocycles. The molecule has 1 atom stereocenters. The van der Waals surface area contributed by atoms with Crippen molar-refractivity contribution in [2.45, 2.75) is 70.3 Å². The van der Waals surface area contributed by atoms with Crippen molar-refractivity contribution >= 4 is 17.7 Å².